The summed E-state index contributed by atoms with van der Waals surface area (Å²) < 4.78 is 38.8. The van der Waals surface area contributed by atoms with Crippen LogP contribution in [0.25, 0.3) is 0 Å². The molecule has 2 fully saturated rings. The molecule has 0 saturated carbocycles. The molecule has 0 bridgehead atoms. The predicted molar refractivity (Wildman–Crippen MR) is 73.3 cm³/mol. The number of benzene rings is 1. The summed E-state index contributed by atoms with van der Waals surface area (Å²) in [6, 6.07) is 3.77. The van der Waals surface area contributed by atoms with Crippen molar-refractivity contribution >= 4 is 0 Å². The molecule has 1 aromatic rings. The molecule has 3 N–H and O–H groups in total. The molecule has 21 heavy (non-hydrogen) atoms. The summed E-state index contributed by atoms with van der Waals surface area (Å²) in [5, 5.41) is 0. The van der Waals surface area contributed by atoms with Gasteiger partial charge in [-0.3, -0.25) is 11.3 Å². The minimum atomic E-state index is -0.848. The topological polar surface area (TPSA) is 56.5 Å². The van der Waals surface area contributed by atoms with Gasteiger partial charge in [0.05, 0.1) is 18.2 Å². The van der Waals surface area contributed by atoms with Gasteiger partial charge in [0, 0.05) is 25.2 Å². The van der Waals surface area contributed by atoms with E-state index in [1.54, 1.807) is 6.07 Å². The van der Waals surface area contributed by atoms with Gasteiger partial charge in [-0.05, 0) is 24.8 Å². The van der Waals surface area contributed by atoms with Gasteiger partial charge in [-0.1, -0.05) is 12.1 Å². The van der Waals surface area contributed by atoms with Crippen LogP contribution in [-0.4, -0.2) is 25.4 Å². The van der Waals surface area contributed by atoms with E-state index in [0.29, 0.717) is 19.8 Å². The smallest absolute Gasteiger partial charge is 0.163 e. The number of hydrazine groups is 1. The largest absolute Gasteiger partial charge is 0.378 e. The van der Waals surface area contributed by atoms with Gasteiger partial charge >= 0.3 is 0 Å². The van der Waals surface area contributed by atoms with E-state index in [1.165, 1.54) is 6.07 Å². The van der Waals surface area contributed by atoms with Crippen molar-refractivity contribution in [3.8, 4) is 0 Å². The Hall–Kier alpha value is -1.08. The van der Waals surface area contributed by atoms with Crippen molar-refractivity contribution in [3.63, 3.8) is 0 Å². The van der Waals surface area contributed by atoms with Crippen molar-refractivity contribution < 1.29 is 18.3 Å². The van der Waals surface area contributed by atoms with Crippen LogP contribution in [0.15, 0.2) is 18.2 Å². The van der Waals surface area contributed by atoms with Crippen LogP contribution in [0.1, 0.15) is 30.9 Å². The molecule has 116 valence electrons. The number of hydrogen-bond donors (Lipinski definition) is 2. The maximum atomic E-state index is 14.0. The Morgan fingerprint density at radius 3 is 2.90 bits per heavy atom. The molecule has 3 rings (SSSR count). The molecule has 2 saturated heterocycles. The highest BCUT2D eigenvalue weighted by atomic mass is 19.2. The fourth-order valence-corrected chi connectivity index (χ4v) is 3.45. The van der Waals surface area contributed by atoms with Crippen molar-refractivity contribution in [2.45, 2.75) is 30.9 Å². The van der Waals surface area contributed by atoms with Crippen LogP contribution in [0.2, 0.25) is 0 Å². The highest BCUT2D eigenvalue weighted by Gasteiger charge is 2.43. The van der Waals surface area contributed by atoms with Crippen LogP contribution in [-0.2, 0) is 9.47 Å². The number of hydrogen-bond acceptors (Lipinski definition) is 4. The lowest BCUT2D eigenvalue weighted by atomic mass is 9.79. The Balaban J connectivity index is 1.84. The molecule has 4 nitrogen and oxygen atoms in total. The second-order valence-corrected chi connectivity index (χ2v) is 5.87. The van der Waals surface area contributed by atoms with Crippen LogP contribution in [0, 0.1) is 17.6 Å². The number of rotatable bonds is 3. The number of halogens is 2. The first-order chi connectivity index (χ1) is 10.2. The van der Waals surface area contributed by atoms with Crippen molar-refractivity contribution in [1.82, 2.24) is 5.43 Å². The molecule has 2 aliphatic heterocycles. The van der Waals surface area contributed by atoms with Crippen molar-refractivity contribution in [2.24, 2.45) is 11.8 Å². The monoisotopic (exact) mass is 298 g/mol. The zero-order valence-corrected chi connectivity index (χ0v) is 11.8. The van der Waals surface area contributed by atoms with Crippen LogP contribution in [0.4, 0.5) is 8.78 Å². The van der Waals surface area contributed by atoms with Crippen molar-refractivity contribution in [2.75, 3.05) is 19.8 Å². The first kappa shape index (κ1) is 14.8. The summed E-state index contributed by atoms with van der Waals surface area (Å²) in [6.07, 6.45) is 2.33. The molecule has 6 heteroatoms. The molecule has 2 heterocycles. The molecule has 0 radical (unpaired) electrons. The van der Waals surface area contributed by atoms with E-state index in [9.17, 15) is 8.78 Å². The number of nitrogens with one attached hydrogen (secondary N) is 1. The van der Waals surface area contributed by atoms with Gasteiger partial charge in [0.15, 0.2) is 11.6 Å². The Kier molecular flexibility index (Phi) is 4.21. The molecule has 2 aliphatic rings. The third-order valence-electron chi connectivity index (χ3n) is 4.57. The Bertz CT molecular complexity index is 506. The van der Waals surface area contributed by atoms with Gasteiger partial charge in [-0.25, -0.2) is 8.78 Å². The Morgan fingerprint density at radius 1 is 1.33 bits per heavy atom. The quantitative estimate of drug-likeness (QED) is 0.662. The lowest BCUT2D eigenvalue weighted by molar-refractivity contribution is -0.103. The zero-order valence-electron chi connectivity index (χ0n) is 11.8. The minimum Gasteiger partial charge on any atom is -0.378 e. The molecule has 0 aromatic heterocycles. The van der Waals surface area contributed by atoms with E-state index in [2.05, 4.69) is 5.43 Å². The average Bonchev–Trinajstić information content (AvgIpc) is 2.92. The van der Waals surface area contributed by atoms with Gasteiger partial charge in [0.25, 0.3) is 0 Å². The first-order valence-electron chi connectivity index (χ1n) is 7.27. The first-order valence-corrected chi connectivity index (χ1v) is 7.27. The minimum absolute atomic E-state index is 0.0850. The average molecular weight is 298 g/mol. The second kappa shape index (κ2) is 5.96. The maximum absolute atomic E-state index is 14.0. The molecule has 1 spiro atoms. The predicted octanol–water partition coefficient (Wildman–Crippen LogP) is 2.05. The van der Waals surface area contributed by atoms with Crippen LogP contribution in [0.3, 0.4) is 0 Å². The van der Waals surface area contributed by atoms with Crippen LogP contribution in [0.5, 0.6) is 0 Å². The van der Waals surface area contributed by atoms with Gasteiger partial charge in [-0.15, -0.1) is 0 Å². The fraction of sp³-hybridized carbons (Fsp3) is 0.600. The van der Waals surface area contributed by atoms with Crippen molar-refractivity contribution in [3.05, 3.63) is 35.4 Å². The van der Waals surface area contributed by atoms with E-state index in [4.69, 9.17) is 15.3 Å². The second-order valence-electron chi connectivity index (χ2n) is 5.87. The van der Waals surface area contributed by atoms with Gasteiger partial charge in [0.2, 0.25) is 0 Å². The summed E-state index contributed by atoms with van der Waals surface area (Å²) in [5.41, 5.74) is 2.65. The van der Waals surface area contributed by atoms with Gasteiger partial charge < -0.3 is 9.47 Å². The maximum Gasteiger partial charge on any atom is 0.163 e. The molecule has 3 atom stereocenters. The van der Waals surface area contributed by atoms with Crippen molar-refractivity contribution in [1.29, 1.82) is 0 Å². The standard InChI is InChI=1S/C15H20F2N2O2/c16-12-3-1-2-11(13(12)17)14(19-18)10-4-6-21-15(8-10)5-7-20-9-15/h1-3,10,14,19H,4-9,18H2. The third-order valence-corrected chi connectivity index (χ3v) is 4.57. The number of ether oxygens (including phenoxy) is 2. The van der Waals surface area contributed by atoms with E-state index < -0.39 is 17.7 Å². The number of nitrogens with two attached hydrogens (primary N) is 1. The summed E-state index contributed by atoms with van der Waals surface area (Å²) in [4.78, 5) is 0. The summed E-state index contributed by atoms with van der Waals surface area (Å²) in [7, 11) is 0. The molecule has 3 unspecified atom stereocenters. The van der Waals surface area contributed by atoms with Crippen LogP contribution >= 0.6 is 0 Å². The molecular weight excluding hydrogens is 278 g/mol. The highest BCUT2D eigenvalue weighted by molar-refractivity contribution is 5.23. The van der Waals surface area contributed by atoms with E-state index in [0.717, 1.165) is 25.3 Å². The lowest BCUT2D eigenvalue weighted by Gasteiger charge is -2.40. The highest BCUT2D eigenvalue weighted by Crippen LogP contribution is 2.41. The fourth-order valence-electron chi connectivity index (χ4n) is 3.45. The van der Waals surface area contributed by atoms with E-state index in [-0.39, 0.29) is 17.1 Å². The SMILES string of the molecule is NNC(c1cccc(F)c1F)C1CCOC2(CCOC2)C1. The third kappa shape index (κ3) is 2.81. The Labute approximate surface area is 122 Å². The normalized spacial score (nSPS) is 30.7. The Morgan fingerprint density at radius 2 is 2.19 bits per heavy atom. The van der Waals surface area contributed by atoms with Crippen LogP contribution < -0.4 is 11.3 Å². The van der Waals surface area contributed by atoms with E-state index in [1.807, 2.05) is 0 Å². The molecule has 0 amide bonds. The summed E-state index contributed by atoms with van der Waals surface area (Å²) in [6.45, 7) is 1.83. The van der Waals surface area contributed by atoms with Gasteiger partial charge in [0.1, 0.15) is 0 Å². The summed E-state index contributed by atoms with van der Waals surface area (Å²) in [5.74, 6) is 4.04. The molecular formula is C15H20F2N2O2. The lowest BCUT2D eigenvalue weighted by Crippen LogP contribution is -2.45. The molecule has 1 aromatic carbocycles. The van der Waals surface area contributed by atoms with Gasteiger partial charge in [-0.2, -0.15) is 0 Å². The molecule has 0 aliphatic carbocycles. The summed E-state index contributed by atoms with van der Waals surface area (Å²) >= 11 is 0. The van der Waals surface area contributed by atoms with E-state index >= 15 is 0 Å². The zero-order chi connectivity index (χ0) is 14.9.